The molecule has 0 spiro atoms. The van der Waals surface area contributed by atoms with E-state index < -0.39 is 6.10 Å². The number of esters is 3. The number of allylic oxidation sites excluding steroid dienone is 20. The van der Waals surface area contributed by atoms with Crippen LogP contribution in [0.3, 0.4) is 0 Å². The molecule has 0 N–H and O–H groups in total. The molecule has 6 heteroatoms. The van der Waals surface area contributed by atoms with Crippen LogP contribution in [0.15, 0.2) is 122 Å². The van der Waals surface area contributed by atoms with E-state index in [2.05, 4.69) is 142 Å². The van der Waals surface area contributed by atoms with Crippen molar-refractivity contribution >= 4 is 17.9 Å². The zero-order valence-electron chi connectivity index (χ0n) is 46.7. The summed E-state index contributed by atoms with van der Waals surface area (Å²) in [6.45, 7) is 6.42. The van der Waals surface area contributed by atoms with Crippen LogP contribution in [0.25, 0.3) is 0 Å². The molecule has 0 aliphatic rings. The lowest BCUT2D eigenvalue weighted by molar-refractivity contribution is -0.167. The molecule has 0 aromatic carbocycles. The van der Waals surface area contributed by atoms with Crippen LogP contribution in [0.5, 0.6) is 0 Å². The number of carbonyl (C=O) groups is 3. The molecule has 0 aromatic heterocycles. The molecule has 72 heavy (non-hydrogen) atoms. The highest BCUT2D eigenvalue weighted by Crippen LogP contribution is 2.14. The van der Waals surface area contributed by atoms with Gasteiger partial charge in [0.15, 0.2) is 6.10 Å². The lowest BCUT2D eigenvalue weighted by Crippen LogP contribution is -2.30. The maximum Gasteiger partial charge on any atom is 0.306 e. The van der Waals surface area contributed by atoms with Gasteiger partial charge in [0, 0.05) is 19.3 Å². The second kappa shape index (κ2) is 59.4. The molecule has 6 nitrogen and oxygen atoms in total. The molecule has 0 saturated carbocycles. The fraction of sp³-hybridized carbons (Fsp3) is 0.652. The third-order valence-corrected chi connectivity index (χ3v) is 12.2. The fourth-order valence-corrected chi connectivity index (χ4v) is 7.79. The quantitative estimate of drug-likeness (QED) is 0.0261. The van der Waals surface area contributed by atoms with Gasteiger partial charge in [0.1, 0.15) is 13.2 Å². The summed E-state index contributed by atoms with van der Waals surface area (Å²) < 4.78 is 16.8. The lowest BCUT2D eigenvalue weighted by atomic mass is 10.1. The van der Waals surface area contributed by atoms with Crippen LogP contribution in [0.2, 0.25) is 0 Å². The Hall–Kier alpha value is -4.19. The van der Waals surface area contributed by atoms with Crippen LogP contribution in [0.4, 0.5) is 0 Å². The highest BCUT2D eigenvalue weighted by molar-refractivity contribution is 5.71. The van der Waals surface area contributed by atoms with Gasteiger partial charge in [-0.25, -0.2) is 0 Å². The van der Waals surface area contributed by atoms with Crippen molar-refractivity contribution in [2.75, 3.05) is 13.2 Å². The summed E-state index contributed by atoms with van der Waals surface area (Å²) in [5.74, 6) is -0.922. The molecule has 0 aromatic rings. The Balaban J connectivity index is 4.26. The molecule has 0 rings (SSSR count). The van der Waals surface area contributed by atoms with Crippen molar-refractivity contribution in [3.63, 3.8) is 0 Å². The minimum Gasteiger partial charge on any atom is -0.462 e. The van der Waals surface area contributed by atoms with Crippen molar-refractivity contribution in [3.8, 4) is 0 Å². The average Bonchev–Trinajstić information content (AvgIpc) is 3.38. The van der Waals surface area contributed by atoms with Crippen molar-refractivity contribution < 1.29 is 28.6 Å². The van der Waals surface area contributed by atoms with Crippen molar-refractivity contribution in [3.05, 3.63) is 122 Å². The normalized spacial score (nSPS) is 13.0. The van der Waals surface area contributed by atoms with Gasteiger partial charge in [-0.1, -0.05) is 251 Å². The summed E-state index contributed by atoms with van der Waals surface area (Å²) >= 11 is 0. The number of hydrogen-bond acceptors (Lipinski definition) is 6. The smallest absolute Gasteiger partial charge is 0.306 e. The van der Waals surface area contributed by atoms with E-state index in [1.54, 1.807) is 0 Å². The van der Waals surface area contributed by atoms with Crippen LogP contribution in [-0.4, -0.2) is 37.2 Å². The number of carbonyl (C=O) groups excluding carboxylic acids is 3. The molecular weight excluding hydrogens is 889 g/mol. The topological polar surface area (TPSA) is 78.9 Å². The summed E-state index contributed by atoms with van der Waals surface area (Å²) in [5.41, 5.74) is 0. The Morgan fingerprint density at radius 1 is 0.292 bits per heavy atom. The number of rotatable bonds is 52. The highest BCUT2D eigenvalue weighted by atomic mass is 16.6. The van der Waals surface area contributed by atoms with Crippen LogP contribution >= 0.6 is 0 Å². The maximum absolute atomic E-state index is 12.8. The Morgan fingerprint density at radius 2 is 0.569 bits per heavy atom. The molecule has 0 heterocycles. The highest BCUT2D eigenvalue weighted by Gasteiger charge is 2.19. The maximum atomic E-state index is 12.8. The zero-order valence-corrected chi connectivity index (χ0v) is 46.7. The molecule has 0 saturated heterocycles. The zero-order chi connectivity index (χ0) is 52.2. The van der Waals surface area contributed by atoms with Crippen molar-refractivity contribution in [2.24, 2.45) is 0 Å². The third-order valence-electron chi connectivity index (χ3n) is 12.2. The predicted octanol–water partition coefficient (Wildman–Crippen LogP) is 20.0. The molecule has 0 aliphatic heterocycles. The molecule has 408 valence electrons. The first-order valence-electron chi connectivity index (χ1n) is 29.5. The van der Waals surface area contributed by atoms with Gasteiger partial charge in [0.2, 0.25) is 0 Å². The van der Waals surface area contributed by atoms with E-state index in [1.807, 2.05) is 0 Å². The lowest BCUT2D eigenvalue weighted by Gasteiger charge is -2.18. The van der Waals surface area contributed by atoms with Crippen molar-refractivity contribution in [2.45, 2.75) is 264 Å². The third kappa shape index (κ3) is 56.7. The van der Waals surface area contributed by atoms with Gasteiger partial charge in [0.25, 0.3) is 0 Å². The van der Waals surface area contributed by atoms with Crippen LogP contribution in [0, 0.1) is 0 Å². The molecule has 0 bridgehead atoms. The second-order valence-electron chi connectivity index (χ2n) is 19.2. The second-order valence-corrected chi connectivity index (χ2v) is 19.2. The largest absolute Gasteiger partial charge is 0.462 e. The average molecular weight is 998 g/mol. The first-order valence-corrected chi connectivity index (χ1v) is 29.5. The van der Waals surface area contributed by atoms with Gasteiger partial charge < -0.3 is 14.2 Å². The summed E-state index contributed by atoms with van der Waals surface area (Å²) in [6, 6.07) is 0. The molecule has 1 unspecified atom stereocenters. The van der Waals surface area contributed by atoms with Gasteiger partial charge in [0.05, 0.1) is 0 Å². The standard InChI is InChI=1S/C66H108O6/c1-4-7-10-13-16-19-22-24-25-26-27-28-29-30-31-32-33-34-35-36-37-38-39-40-41-43-44-47-50-53-56-59-65(68)71-62-63(61-70-64(67)58-55-52-49-46-21-18-15-12-9-6-3)72-66(69)60-57-54-51-48-45-42-23-20-17-14-11-8-5-2/h7,10-11,14,16,19-20,23-25,27-28,30-31,33-34,36-37,39-40,63H,4-6,8-9,12-13,15,17-18,21-22,26,29,32,35,38,41-62H2,1-3H3/b10-7-,14-11-,19-16-,23-20-,25-24-,28-27-,31-30-,34-33-,37-36-,40-39-. The van der Waals surface area contributed by atoms with E-state index in [4.69, 9.17) is 14.2 Å². The van der Waals surface area contributed by atoms with E-state index in [9.17, 15) is 14.4 Å². The van der Waals surface area contributed by atoms with Gasteiger partial charge in [-0.3, -0.25) is 14.4 Å². The SMILES string of the molecule is CC/C=C\C/C=C\C/C=C\C/C=C\C/C=C\C/C=C\C/C=C\C/C=C\CCCCCCCCC(=O)OCC(COC(=O)CCCCCCCCCCCC)OC(=O)CCCCCCC/C=C\C/C=C\CCC. The molecule has 0 radical (unpaired) electrons. The van der Waals surface area contributed by atoms with E-state index in [1.165, 1.54) is 64.2 Å². The molecular formula is C66H108O6. The Labute approximate surface area is 443 Å². The van der Waals surface area contributed by atoms with Crippen molar-refractivity contribution in [1.29, 1.82) is 0 Å². The fourth-order valence-electron chi connectivity index (χ4n) is 7.79. The molecule has 0 fully saturated rings. The summed E-state index contributed by atoms with van der Waals surface area (Å²) in [5, 5.41) is 0. The first kappa shape index (κ1) is 67.8. The molecule has 0 amide bonds. The van der Waals surface area contributed by atoms with Gasteiger partial charge in [-0.15, -0.1) is 0 Å². The van der Waals surface area contributed by atoms with Crippen molar-refractivity contribution in [1.82, 2.24) is 0 Å². The summed E-state index contributed by atoms with van der Waals surface area (Å²) in [4.78, 5) is 38.0. The molecule has 1 atom stereocenters. The first-order chi connectivity index (χ1) is 35.5. The molecule has 0 aliphatic carbocycles. The van der Waals surface area contributed by atoms with E-state index >= 15 is 0 Å². The van der Waals surface area contributed by atoms with E-state index in [-0.39, 0.29) is 31.1 Å². The Bertz CT molecular complexity index is 1520. The minimum absolute atomic E-state index is 0.0888. The number of ether oxygens (including phenoxy) is 3. The van der Waals surface area contributed by atoms with Gasteiger partial charge >= 0.3 is 17.9 Å². The number of hydrogen-bond donors (Lipinski definition) is 0. The predicted molar refractivity (Wildman–Crippen MR) is 311 cm³/mol. The van der Waals surface area contributed by atoms with Gasteiger partial charge in [-0.05, 0) is 109 Å². The van der Waals surface area contributed by atoms with Crippen LogP contribution < -0.4 is 0 Å². The number of unbranched alkanes of at least 4 members (excludes halogenated alkanes) is 21. The van der Waals surface area contributed by atoms with Gasteiger partial charge in [-0.2, -0.15) is 0 Å². The Kier molecular flexibility index (Phi) is 55.9. The monoisotopic (exact) mass is 997 g/mol. The van der Waals surface area contributed by atoms with E-state index in [0.717, 1.165) is 154 Å². The van der Waals surface area contributed by atoms with Crippen LogP contribution in [0.1, 0.15) is 258 Å². The van der Waals surface area contributed by atoms with Crippen LogP contribution in [-0.2, 0) is 28.6 Å². The summed E-state index contributed by atoms with van der Waals surface area (Å²) in [7, 11) is 0. The summed E-state index contributed by atoms with van der Waals surface area (Å²) in [6.07, 6.45) is 82.0. The Morgan fingerprint density at radius 3 is 0.903 bits per heavy atom. The van der Waals surface area contributed by atoms with E-state index in [0.29, 0.717) is 19.3 Å². The minimum atomic E-state index is -0.792.